The van der Waals surface area contributed by atoms with Crippen LogP contribution in [0.1, 0.15) is 16.8 Å². The number of fused-ring (bicyclic) bond motifs is 3. The minimum absolute atomic E-state index is 0.119. The third-order valence-corrected chi connectivity index (χ3v) is 7.12. The Morgan fingerprint density at radius 3 is 2.66 bits per heavy atom. The average Bonchev–Trinajstić information content (AvgIpc) is 3.55. The maximum atomic E-state index is 12.4. The molecule has 1 fully saturated rings. The van der Waals surface area contributed by atoms with E-state index >= 15 is 0 Å². The molecule has 1 aromatic carbocycles. The molecular weight excluding hydrogens is 466 g/mol. The van der Waals surface area contributed by atoms with Crippen molar-refractivity contribution in [3.05, 3.63) is 53.2 Å². The normalized spacial score (nSPS) is 22.7. The molecule has 9 nitrogen and oxygen atoms in total. The van der Waals surface area contributed by atoms with Crippen molar-refractivity contribution in [2.75, 3.05) is 32.5 Å². The van der Waals surface area contributed by atoms with Gasteiger partial charge < -0.3 is 26.3 Å². The second kappa shape index (κ2) is 9.31. The molecule has 0 radical (unpaired) electrons. The molecule has 2 bridgehead atoms. The SMILES string of the molecule is CN(C)CCNC(=O)c1ccc(-c2nc3ncc(Cl)c(N[C@H]4[C@@H](C(N)=O)[C@@H]5C=C[C@H]4C5)c3[nH]2)cc1. The van der Waals surface area contributed by atoms with Crippen molar-refractivity contribution in [3.8, 4) is 11.4 Å². The van der Waals surface area contributed by atoms with E-state index in [4.69, 9.17) is 17.3 Å². The summed E-state index contributed by atoms with van der Waals surface area (Å²) in [4.78, 5) is 38.8. The van der Waals surface area contributed by atoms with Crippen LogP contribution in [0.4, 0.5) is 5.69 Å². The number of benzene rings is 1. The number of nitrogens with zero attached hydrogens (tertiary/aromatic N) is 3. The average molecular weight is 494 g/mol. The van der Waals surface area contributed by atoms with Crippen LogP contribution in [0.5, 0.6) is 0 Å². The Morgan fingerprint density at radius 1 is 1.20 bits per heavy atom. The molecule has 10 heteroatoms. The molecule has 2 aliphatic rings. The van der Waals surface area contributed by atoms with E-state index in [1.807, 2.05) is 31.1 Å². The number of nitrogens with two attached hydrogens (primary N) is 1. The topological polar surface area (TPSA) is 129 Å². The molecule has 2 amide bonds. The van der Waals surface area contributed by atoms with Gasteiger partial charge in [-0.1, -0.05) is 35.9 Å². The number of aromatic amines is 1. The number of hydrogen-bond acceptors (Lipinski definition) is 6. The maximum absolute atomic E-state index is 12.4. The third kappa shape index (κ3) is 4.49. The van der Waals surface area contributed by atoms with E-state index in [2.05, 4.69) is 37.7 Å². The predicted molar refractivity (Wildman–Crippen MR) is 136 cm³/mol. The number of rotatable bonds is 8. The molecule has 0 unspecified atom stereocenters. The van der Waals surface area contributed by atoms with E-state index in [0.29, 0.717) is 39.8 Å². The first-order chi connectivity index (χ1) is 16.8. The number of carbonyl (C=O) groups is 2. The van der Waals surface area contributed by atoms with Crippen molar-refractivity contribution in [2.24, 2.45) is 23.5 Å². The number of hydrogen-bond donors (Lipinski definition) is 4. The van der Waals surface area contributed by atoms with Crippen molar-refractivity contribution in [2.45, 2.75) is 12.5 Å². The van der Waals surface area contributed by atoms with Crippen molar-refractivity contribution < 1.29 is 9.59 Å². The fraction of sp³-hybridized carbons (Fsp3) is 0.360. The monoisotopic (exact) mass is 493 g/mol. The highest BCUT2D eigenvalue weighted by atomic mass is 35.5. The fourth-order valence-electron chi connectivity index (χ4n) is 5.06. The van der Waals surface area contributed by atoms with E-state index in [0.717, 1.165) is 18.5 Å². The van der Waals surface area contributed by atoms with Gasteiger partial charge in [-0.2, -0.15) is 0 Å². The number of likely N-dealkylation sites (N-methyl/N-ethyl adjacent to an activating group) is 1. The quantitative estimate of drug-likeness (QED) is 0.357. The van der Waals surface area contributed by atoms with Crippen LogP contribution < -0.4 is 16.4 Å². The number of imidazole rings is 1. The van der Waals surface area contributed by atoms with Gasteiger partial charge in [0.2, 0.25) is 5.91 Å². The first-order valence-corrected chi connectivity index (χ1v) is 12.0. The summed E-state index contributed by atoms with van der Waals surface area (Å²) >= 11 is 6.53. The Bertz CT molecular complexity index is 1300. The zero-order valence-corrected chi connectivity index (χ0v) is 20.3. The van der Waals surface area contributed by atoms with Gasteiger partial charge in [0.15, 0.2) is 5.65 Å². The summed E-state index contributed by atoms with van der Waals surface area (Å²) in [6.07, 6.45) is 6.69. The van der Waals surface area contributed by atoms with Crippen molar-refractivity contribution in [3.63, 3.8) is 0 Å². The molecule has 2 aliphatic carbocycles. The van der Waals surface area contributed by atoms with Crippen LogP contribution in [0.25, 0.3) is 22.6 Å². The lowest BCUT2D eigenvalue weighted by atomic mass is 9.88. The lowest BCUT2D eigenvalue weighted by Gasteiger charge is -2.28. The van der Waals surface area contributed by atoms with Crippen molar-refractivity contribution in [1.29, 1.82) is 0 Å². The first-order valence-electron chi connectivity index (χ1n) is 11.6. The summed E-state index contributed by atoms with van der Waals surface area (Å²) in [5, 5.41) is 6.82. The standard InChI is InChI=1S/C25H28ClN7O2/c1-33(2)10-9-28-25(35)14-5-3-13(4-6-14)23-31-21-20(17(26)12-29-24(21)32-23)30-19-16-8-7-15(11-16)18(19)22(27)34/h3-8,12,15-16,18-19H,9-11H2,1-2H3,(H2,27,34)(H,28,35)(H2,29,30,31,32)/t15-,16+,18+,19-/m1/s1. The molecular formula is C25H28ClN7O2. The van der Waals surface area contributed by atoms with Crippen LogP contribution in [0, 0.1) is 17.8 Å². The zero-order valence-electron chi connectivity index (χ0n) is 19.6. The third-order valence-electron chi connectivity index (χ3n) is 6.84. The van der Waals surface area contributed by atoms with E-state index in [9.17, 15) is 9.59 Å². The number of aromatic nitrogens is 3. The van der Waals surface area contributed by atoms with Crippen molar-refractivity contribution >= 4 is 40.3 Å². The Morgan fingerprint density at radius 2 is 1.94 bits per heavy atom. The van der Waals surface area contributed by atoms with E-state index in [1.54, 1.807) is 18.3 Å². The number of amides is 2. The molecule has 2 heterocycles. The number of H-pyrrole nitrogens is 1. The molecule has 0 aliphatic heterocycles. The Labute approximate surface area is 208 Å². The lowest BCUT2D eigenvalue weighted by molar-refractivity contribution is -0.122. The van der Waals surface area contributed by atoms with Gasteiger partial charge in [-0.05, 0) is 44.5 Å². The molecule has 0 spiro atoms. The second-order valence-electron chi connectivity index (χ2n) is 9.45. The molecule has 2 aromatic heterocycles. The smallest absolute Gasteiger partial charge is 0.251 e. The van der Waals surface area contributed by atoms with Gasteiger partial charge >= 0.3 is 0 Å². The molecule has 4 atom stereocenters. The highest BCUT2D eigenvalue weighted by molar-refractivity contribution is 6.34. The molecule has 35 heavy (non-hydrogen) atoms. The van der Waals surface area contributed by atoms with Crippen LogP contribution in [-0.4, -0.2) is 64.9 Å². The van der Waals surface area contributed by atoms with E-state index in [-0.39, 0.29) is 35.6 Å². The van der Waals surface area contributed by atoms with E-state index < -0.39 is 0 Å². The van der Waals surface area contributed by atoms with Crippen LogP contribution in [0.2, 0.25) is 5.02 Å². The molecule has 1 saturated carbocycles. The summed E-state index contributed by atoms with van der Waals surface area (Å²) in [6, 6.07) is 7.09. The Balaban J connectivity index is 1.39. The predicted octanol–water partition coefficient (Wildman–Crippen LogP) is 2.66. The number of nitrogens with one attached hydrogen (secondary N) is 3. The molecule has 5 rings (SSSR count). The Hall–Kier alpha value is -3.43. The zero-order chi connectivity index (χ0) is 24.7. The highest BCUT2D eigenvalue weighted by Gasteiger charge is 2.47. The minimum Gasteiger partial charge on any atom is -0.378 e. The fourth-order valence-corrected chi connectivity index (χ4v) is 5.26. The minimum atomic E-state index is -0.308. The van der Waals surface area contributed by atoms with Gasteiger partial charge in [0.1, 0.15) is 11.3 Å². The van der Waals surface area contributed by atoms with Gasteiger partial charge in [0.25, 0.3) is 5.91 Å². The number of anilines is 1. The van der Waals surface area contributed by atoms with Gasteiger partial charge in [-0.3, -0.25) is 9.59 Å². The van der Waals surface area contributed by atoms with Crippen LogP contribution in [-0.2, 0) is 4.79 Å². The van der Waals surface area contributed by atoms with E-state index in [1.165, 1.54) is 0 Å². The van der Waals surface area contributed by atoms with Crippen LogP contribution >= 0.6 is 11.6 Å². The molecule has 3 aromatic rings. The van der Waals surface area contributed by atoms with Gasteiger partial charge in [0, 0.05) is 30.3 Å². The van der Waals surface area contributed by atoms with Gasteiger partial charge in [-0.25, -0.2) is 9.97 Å². The lowest BCUT2D eigenvalue weighted by Crippen LogP contribution is -2.41. The number of pyridine rings is 1. The Kier molecular flexibility index (Phi) is 6.21. The largest absolute Gasteiger partial charge is 0.378 e. The van der Waals surface area contributed by atoms with Gasteiger partial charge in [-0.15, -0.1) is 0 Å². The number of primary amides is 1. The van der Waals surface area contributed by atoms with Crippen LogP contribution in [0.15, 0.2) is 42.6 Å². The number of halogens is 1. The van der Waals surface area contributed by atoms with Crippen LogP contribution in [0.3, 0.4) is 0 Å². The van der Waals surface area contributed by atoms with Gasteiger partial charge in [0.05, 0.1) is 22.8 Å². The molecule has 0 saturated heterocycles. The summed E-state index contributed by atoms with van der Waals surface area (Å²) in [5.74, 6) is 0.265. The molecule has 182 valence electrons. The first kappa shape index (κ1) is 23.3. The number of carbonyl (C=O) groups excluding carboxylic acids is 2. The summed E-state index contributed by atoms with van der Waals surface area (Å²) in [6.45, 7) is 1.35. The summed E-state index contributed by atoms with van der Waals surface area (Å²) in [7, 11) is 3.92. The summed E-state index contributed by atoms with van der Waals surface area (Å²) < 4.78 is 0. The molecule has 5 N–H and O–H groups in total. The highest BCUT2D eigenvalue weighted by Crippen LogP contribution is 2.46. The van der Waals surface area contributed by atoms with Crippen molar-refractivity contribution in [1.82, 2.24) is 25.2 Å². The second-order valence-corrected chi connectivity index (χ2v) is 9.86. The maximum Gasteiger partial charge on any atom is 0.251 e. The number of allylic oxidation sites excluding steroid dienone is 1. The summed E-state index contributed by atoms with van der Waals surface area (Å²) in [5.41, 5.74) is 8.94.